The molecule has 0 atom stereocenters. The van der Waals surface area contributed by atoms with Crippen LogP contribution in [0.3, 0.4) is 0 Å². The van der Waals surface area contributed by atoms with Gasteiger partial charge in [0.15, 0.2) is 0 Å². The maximum Gasteiger partial charge on any atom is 0.264 e. The standard InChI is InChI=1S/C14H11IN2O2/c1-7-12(15)14(18)17-13(16-7)11-8(2)19-10-6-4-3-5-9(10)11/h3-6H,1-2H3,(H,16,17,18). The third-order valence-electron chi connectivity index (χ3n) is 3.04. The Bertz CT molecular complexity index is 833. The van der Waals surface area contributed by atoms with Crippen LogP contribution in [0.15, 0.2) is 33.5 Å². The molecule has 0 bridgehead atoms. The average Bonchev–Trinajstić information content (AvgIpc) is 2.71. The molecule has 0 fully saturated rings. The van der Waals surface area contributed by atoms with E-state index in [2.05, 4.69) is 9.97 Å². The summed E-state index contributed by atoms with van der Waals surface area (Å²) in [6.07, 6.45) is 0. The van der Waals surface area contributed by atoms with Crippen molar-refractivity contribution in [3.63, 3.8) is 0 Å². The molecule has 0 amide bonds. The van der Waals surface area contributed by atoms with Gasteiger partial charge >= 0.3 is 0 Å². The van der Waals surface area contributed by atoms with E-state index in [1.807, 2.05) is 60.7 Å². The van der Waals surface area contributed by atoms with E-state index in [1.165, 1.54) is 0 Å². The van der Waals surface area contributed by atoms with Gasteiger partial charge in [0.05, 0.1) is 14.8 Å². The maximum atomic E-state index is 11.9. The molecule has 0 aliphatic heterocycles. The van der Waals surface area contributed by atoms with Crippen molar-refractivity contribution in [1.29, 1.82) is 0 Å². The molecular weight excluding hydrogens is 355 g/mol. The summed E-state index contributed by atoms with van der Waals surface area (Å²) < 4.78 is 6.32. The summed E-state index contributed by atoms with van der Waals surface area (Å²) in [5, 5.41) is 0.962. The third kappa shape index (κ3) is 1.98. The Hall–Kier alpha value is -1.63. The van der Waals surface area contributed by atoms with E-state index in [1.54, 1.807) is 0 Å². The number of furan rings is 1. The Morgan fingerprint density at radius 2 is 2.00 bits per heavy atom. The van der Waals surface area contributed by atoms with Crippen LogP contribution in [0.5, 0.6) is 0 Å². The molecule has 1 aromatic carbocycles. The minimum Gasteiger partial charge on any atom is -0.461 e. The summed E-state index contributed by atoms with van der Waals surface area (Å²) >= 11 is 2.00. The van der Waals surface area contributed by atoms with Crippen molar-refractivity contribution in [2.45, 2.75) is 13.8 Å². The average molecular weight is 366 g/mol. The van der Waals surface area contributed by atoms with Gasteiger partial charge in [0.25, 0.3) is 5.56 Å². The second-order valence-corrected chi connectivity index (χ2v) is 5.42. The number of fused-ring (bicyclic) bond motifs is 1. The van der Waals surface area contributed by atoms with Gasteiger partial charge in [0, 0.05) is 5.39 Å². The van der Waals surface area contributed by atoms with Gasteiger partial charge in [0.2, 0.25) is 0 Å². The molecule has 2 aromatic heterocycles. The fraction of sp³-hybridized carbons (Fsp3) is 0.143. The smallest absolute Gasteiger partial charge is 0.264 e. The van der Waals surface area contributed by atoms with Crippen molar-refractivity contribution in [2.24, 2.45) is 0 Å². The zero-order chi connectivity index (χ0) is 13.6. The van der Waals surface area contributed by atoms with Crippen LogP contribution < -0.4 is 5.56 Å². The van der Waals surface area contributed by atoms with Crippen LogP contribution in [0.4, 0.5) is 0 Å². The number of halogens is 1. The summed E-state index contributed by atoms with van der Waals surface area (Å²) in [6.45, 7) is 3.71. The van der Waals surface area contributed by atoms with Gasteiger partial charge in [-0.05, 0) is 42.5 Å². The van der Waals surface area contributed by atoms with Gasteiger partial charge in [-0.1, -0.05) is 18.2 Å². The van der Waals surface area contributed by atoms with E-state index in [0.717, 1.165) is 28.0 Å². The number of hydrogen-bond acceptors (Lipinski definition) is 3. The third-order valence-corrected chi connectivity index (χ3v) is 4.31. The highest BCUT2D eigenvalue weighted by molar-refractivity contribution is 14.1. The zero-order valence-electron chi connectivity index (χ0n) is 10.5. The quantitative estimate of drug-likeness (QED) is 0.672. The van der Waals surface area contributed by atoms with Crippen LogP contribution in [0, 0.1) is 17.4 Å². The summed E-state index contributed by atoms with van der Waals surface area (Å²) in [5.74, 6) is 1.32. The first-order valence-electron chi connectivity index (χ1n) is 5.83. The number of rotatable bonds is 1. The molecule has 0 aliphatic rings. The van der Waals surface area contributed by atoms with Crippen LogP contribution >= 0.6 is 22.6 Å². The number of hydrogen-bond donors (Lipinski definition) is 1. The Kier molecular flexibility index (Phi) is 2.93. The predicted molar refractivity (Wildman–Crippen MR) is 82.3 cm³/mol. The van der Waals surface area contributed by atoms with Crippen molar-refractivity contribution < 1.29 is 4.42 Å². The Labute approximate surface area is 123 Å². The van der Waals surface area contributed by atoms with Crippen molar-refractivity contribution in [3.8, 4) is 11.4 Å². The summed E-state index contributed by atoms with van der Waals surface area (Å²) in [5.41, 5.74) is 2.26. The number of H-pyrrole nitrogens is 1. The fourth-order valence-corrected chi connectivity index (χ4v) is 2.41. The van der Waals surface area contributed by atoms with Crippen LogP contribution in [0.1, 0.15) is 11.5 Å². The lowest BCUT2D eigenvalue weighted by molar-refractivity contribution is 0.579. The molecule has 96 valence electrons. The molecule has 0 radical (unpaired) electrons. The second-order valence-electron chi connectivity index (χ2n) is 4.34. The van der Waals surface area contributed by atoms with Gasteiger partial charge in [0.1, 0.15) is 17.2 Å². The molecule has 3 rings (SSSR count). The highest BCUT2D eigenvalue weighted by Gasteiger charge is 2.16. The highest BCUT2D eigenvalue weighted by Crippen LogP contribution is 2.32. The number of nitrogens with one attached hydrogen (secondary N) is 1. The van der Waals surface area contributed by atoms with E-state index in [4.69, 9.17) is 4.42 Å². The predicted octanol–water partition coefficient (Wildman–Crippen LogP) is 3.40. The van der Waals surface area contributed by atoms with E-state index in [-0.39, 0.29) is 5.56 Å². The highest BCUT2D eigenvalue weighted by atomic mass is 127. The first-order valence-corrected chi connectivity index (χ1v) is 6.90. The molecule has 0 spiro atoms. The largest absolute Gasteiger partial charge is 0.461 e. The zero-order valence-corrected chi connectivity index (χ0v) is 12.6. The Morgan fingerprint density at radius 1 is 1.26 bits per heavy atom. The fourth-order valence-electron chi connectivity index (χ4n) is 2.15. The first-order chi connectivity index (χ1) is 9.08. The molecule has 4 nitrogen and oxygen atoms in total. The van der Waals surface area contributed by atoms with E-state index < -0.39 is 0 Å². The Morgan fingerprint density at radius 3 is 2.74 bits per heavy atom. The Balaban J connectivity index is 2.36. The number of aromatic amines is 1. The van der Waals surface area contributed by atoms with Crippen molar-refractivity contribution in [1.82, 2.24) is 9.97 Å². The first kappa shape index (κ1) is 12.4. The SMILES string of the molecule is Cc1nc(-c2c(C)oc3ccccc23)[nH]c(=O)c1I. The van der Waals surface area contributed by atoms with Crippen molar-refractivity contribution in [3.05, 3.63) is 49.6 Å². The molecule has 3 aromatic rings. The summed E-state index contributed by atoms with van der Waals surface area (Å²) in [4.78, 5) is 19.2. The molecule has 2 heterocycles. The molecule has 5 heteroatoms. The van der Waals surface area contributed by atoms with E-state index in [0.29, 0.717) is 9.39 Å². The molecule has 1 N–H and O–H groups in total. The maximum absolute atomic E-state index is 11.9. The van der Waals surface area contributed by atoms with Crippen molar-refractivity contribution in [2.75, 3.05) is 0 Å². The van der Waals surface area contributed by atoms with Crippen LogP contribution in [-0.2, 0) is 0 Å². The minimum absolute atomic E-state index is 0.118. The van der Waals surface area contributed by atoms with Gasteiger partial charge in [-0.15, -0.1) is 0 Å². The molecule has 0 saturated heterocycles. The number of nitrogens with zero attached hydrogens (tertiary/aromatic N) is 1. The molecule has 0 aliphatic carbocycles. The van der Waals surface area contributed by atoms with E-state index >= 15 is 0 Å². The molecular formula is C14H11IN2O2. The second kappa shape index (κ2) is 4.48. The molecule has 0 unspecified atom stereocenters. The molecule has 0 saturated carbocycles. The van der Waals surface area contributed by atoms with Crippen LogP contribution in [0.2, 0.25) is 0 Å². The summed E-state index contributed by atoms with van der Waals surface area (Å²) in [7, 11) is 0. The number of benzene rings is 1. The van der Waals surface area contributed by atoms with Gasteiger partial charge in [-0.25, -0.2) is 4.98 Å². The van der Waals surface area contributed by atoms with Crippen LogP contribution in [0.25, 0.3) is 22.4 Å². The van der Waals surface area contributed by atoms with Crippen molar-refractivity contribution >= 4 is 33.6 Å². The topological polar surface area (TPSA) is 58.9 Å². The number of para-hydroxylation sites is 1. The van der Waals surface area contributed by atoms with E-state index in [9.17, 15) is 4.79 Å². The monoisotopic (exact) mass is 366 g/mol. The summed E-state index contributed by atoms with van der Waals surface area (Å²) in [6, 6.07) is 7.74. The van der Waals surface area contributed by atoms with Gasteiger partial charge in [-0.3, -0.25) is 4.79 Å². The molecule has 19 heavy (non-hydrogen) atoms. The van der Waals surface area contributed by atoms with Crippen LogP contribution in [-0.4, -0.2) is 9.97 Å². The number of aromatic nitrogens is 2. The normalized spacial score (nSPS) is 11.1. The lowest BCUT2D eigenvalue weighted by atomic mass is 10.1. The lowest BCUT2D eigenvalue weighted by Crippen LogP contribution is -2.14. The van der Waals surface area contributed by atoms with Gasteiger partial charge < -0.3 is 9.40 Å². The lowest BCUT2D eigenvalue weighted by Gasteiger charge is -2.02. The minimum atomic E-state index is -0.118. The van der Waals surface area contributed by atoms with Gasteiger partial charge in [-0.2, -0.15) is 0 Å². The number of aryl methyl sites for hydroxylation is 2.